The van der Waals surface area contributed by atoms with Crippen LogP contribution in [-0.2, 0) is 4.79 Å². The molecule has 1 amide bonds. The molecule has 0 radical (unpaired) electrons. The van der Waals surface area contributed by atoms with Crippen molar-refractivity contribution in [1.82, 2.24) is 5.32 Å². The van der Waals surface area contributed by atoms with Gasteiger partial charge in [0.05, 0.1) is 6.10 Å². The van der Waals surface area contributed by atoms with Gasteiger partial charge in [-0.3, -0.25) is 4.79 Å². The van der Waals surface area contributed by atoms with Crippen LogP contribution in [0.25, 0.3) is 0 Å². The van der Waals surface area contributed by atoms with Crippen LogP contribution in [0.4, 0.5) is 0 Å². The van der Waals surface area contributed by atoms with Crippen molar-refractivity contribution in [3.8, 4) is 0 Å². The third-order valence-electron chi connectivity index (χ3n) is 3.38. The van der Waals surface area contributed by atoms with E-state index in [2.05, 4.69) is 5.32 Å². The van der Waals surface area contributed by atoms with E-state index in [-0.39, 0.29) is 11.8 Å². The highest BCUT2D eigenvalue weighted by Crippen LogP contribution is 2.26. The van der Waals surface area contributed by atoms with Gasteiger partial charge >= 0.3 is 0 Å². The second kappa shape index (κ2) is 5.82. The summed E-state index contributed by atoms with van der Waals surface area (Å²) in [6.07, 6.45) is 3.30. The minimum Gasteiger partial charge on any atom is -0.388 e. The maximum Gasteiger partial charge on any atom is 0.223 e. The second-order valence-corrected chi connectivity index (χ2v) is 4.63. The van der Waals surface area contributed by atoms with E-state index in [0.29, 0.717) is 13.0 Å². The highest BCUT2D eigenvalue weighted by Gasteiger charge is 2.24. The Morgan fingerprint density at radius 3 is 2.65 bits per heavy atom. The number of hydrogen-bond donors (Lipinski definition) is 2. The van der Waals surface area contributed by atoms with Crippen LogP contribution in [0.5, 0.6) is 0 Å². The maximum absolute atomic E-state index is 11.6. The molecule has 0 unspecified atom stereocenters. The molecule has 2 N–H and O–H groups in total. The van der Waals surface area contributed by atoms with Crippen LogP contribution in [0.3, 0.4) is 0 Å². The average Bonchev–Trinajstić information content (AvgIpc) is 2.27. The number of rotatable bonds is 5. The molecule has 0 saturated heterocycles. The zero-order valence-electron chi connectivity index (χ0n) is 9.93. The van der Waals surface area contributed by atoms with Crippen LogP contribution >= 0.6 is 0 Å². The lowest BCUT2D eigenvalue weighted by molar-refractivity contribution is -0.127. The van der Waals surface area contributed by atoms with Gasteiger partial charge in [0.25, 0.3) is 0 Å². The fourth-order valence-corrected chi connectivity index (χ4v) is 1.99. The van der Waals surface area contributed by atoms with Gasteiger partial charge in [-0.25, -0.2) is 0 Å². The molecule has 1 saturated carbocycles. The van der Waals surface area contributed by atoms with Crippen molar-refractivity contribution in [3.63, 3.8) is 0 Å². The predicted octanol–water partition coefficient (Wildman–Crippen LogP) is 2.03. The van der Waals surface area contributed by atoms with Crippen LogP contribution in [-0.4, -0.2) is 17.6 Å². The molecule has 2 rings (SSSR count). The van der Waals surface area contributed by atoms with Gasteiger partial charge in [-0.05, 0) is 24.8 Å². The van der Waals surface area contributed by atoms with E-state index in [9.17, 15) is 9.90 Å². The summed E-state index contributed by atoms with van der Waals surface area (Å²) in [4.78, 5) is 11.6. The molecule has 3 nitrogen and oxygen atoms in total. The molecule has 0 aliphatic heterocycles. The van der Waals surface area contributed by atoms with E-state index in [0.717, 1.165) is 18.4 Å². The number of amides is 1. The Bertz CT molecular complexity index is 360. The Hall–Kier alpha value is -1.35. The molecule has 1 atom stereocenters. The smallest absolute Gasteiger partial charge is 0.223 e. The molecule has 3 heteroatoms. The van der Waals surface area contributed by atoms with Crippen LogP contribution in [0.2, 0.25) is 0 Å². The number of hydrogen-bond acceptors (Lipinski definition) is 2. The Morgan fingerprint density at radius 1 is 1.35 bits per heavy atom. The first kappa shape index (κ1) is 12.1. The standard InChI is InChI=1S/C14H19NO2/c16-13(11-5-2-1-3-6-11)9-10-15-14(17)12-7-4-8-12/h1-3,5-6,12-13,16H,4,7-10H2,(H,15,17)/t13-/m0/s1. The molecule has 1 aliphatic rings. The molecular formula is C14H19NO2. The van der Waals surface area contributed by atoms with Crippen molar-refractivity contribution in [3.05, 3.63) is 35.9 Å². The van der Waals surface area contributed by atoms with Crippen molar-refractivity contribution >= 4 is 5.91 Å². The SMILES string of the molecule is O=C(NCC[C@H](O)c1ccccc1)C1CCC1. The number of aliphatic hydroxyl groups excluding tert-OH is 1. The predicted molar refractivity (Wildman–Crippen MR) is 66.4 cm³/mol. The third-order valence-corrected chi connectivity index (χ3v) is 3.38. The lowest BCUT2D eigenvalue weighted by atomic mass is 9.85. The van der Waals surface area contributed by atoms with Crippen LogP contribution in [0.15, 0.2) is 30.3 Å². The third kappa shape index (κ3) is 3.30. The Labute approximate surface area is 102 Å². The number of benzene rings is 1. The van der Waals surface area contributed by atoms with Crippen molar-refractivity contribution in [2.75, 3.05) is 6.54 Å². The zero-order chi connectivity index (χ0) is 12.1. The summed E-state index contributed by atoms with van der Waals surface area (Å²) in [6, 6.07) is 9.54. The quantitative estimate of drug-likeness (QED) is 0.817. The average molecular weight is 233 g/mol. The minimum atomic E-state index is -0.488. The first-order valence-corrected chi connectivity index (χ1v) is 6.28. The first-order valence-electron chi connectivity index (χ1n) is 6.28. The molecular weight excluding hydrogens is 214 g/mol. The Balaban J connectivity index is 1.69. The van der Waals surface area contributed by atoms with Gasteiger partial charge in [0.2, 0.25) is 5.91 Å². The summed E-state index contributed by atoms with van der Waals surface area (Å²) in [6.45, 7) is 0.547. The van der Waals surface area contributed by atoms with Crippen LogP contribution in [0, 0.1) is 5.92 Å². The lowest BCUT2D eigenvalue weighted by Crippen LogP contribution is -2.35. The molecule has 0 aromatic heterocycles. The highest BCUT2D eigenvalue weighted by molar-refractivity contribution is 5.79. The number of carbonyl (C=O) groups is 1. The largest absolute Gasteiger partial charge is 0.388 e. The first-order chi connectivity index (χ1) is 8.27. The van der Waals surface area contributed by atoms with Crippen LogP contribution < -0.4 is 5.32 Å². The molecule has 0 heterocycles. The fraction of sp³-hybridized carbons (Fsp3) is 0.500. The normalized spacial score (nSPS) is 17.2. The summed E-state index contributed by atoms with van der Waals surface area (Å²) >= 11 is 0. The van der Waals surface area contributed by atoms with Gasteiger partial charge in [0.15, 0.2) is 0 Å². The topological polar surface area (TPSA) is 49.3 Å². The monoisotopic (exact) mass is 233 g/mol. The van der Waals surface area contributed by atoms with Gasteiger partial charge in [0, 0.05) is 12.5 Å². The van der Waals surface area contributed by atoms with Gasteiger partial charge < -0.3 is 10.4 Å². The van der Waals surface area contributed by atoms with Crippen molar-refractivity contribution in [2.45, 2.75) is 31.8 Å². The van der Waals surface area contributed by atoms with E-state index in [1.807, 2.05) is 30.3 Å². The van der Waals surface area contributed by atoms with E-state index >= 15 is 0 Å². The van der Waals surface area contributed by atoms with Crippen molar-refractivity contribution in [1.29, 1.82) is 0 Å². The molecule has 0 spiro atoms. The maximum atomic E-state index is 11.6. The molecule has 1 aromatic rings. The summed E-state index contributed by atoms with van der Waals surface area (Å²) in [5, 5.41) is 12.8. The fourth-order valence-electron chi connectivity index (χ4n) is 1.99. The summed E-state index contributed by atoms with van der Waals surface area (Å²) in [5.41, 5.74) is 0.908. The Morgan fingerprint density at radius 2 is 2.06 bits per heavy atom. The molecule has 0 bridgehead atoms. The second-order valence-electron chi connectivity index (χ2n) is 4.63. The number of carbonyl (C=O) groups excluding carboxylic acids is 1. The summed E-state index contributed by atoms with van der Waals surface area (Å²) in [7, 11) is 0. The summed E-state index contributed by atoms with van der Waals surface area (Å²) in [5.74, 6) is 0.375. The summed E-state index contributed by atoms with van der Waals surface area (Å²) < 4.78 is 0. The Kier molecular flexibility index (Phi) is 4.15. The van der Waals surface area contributed by atoms with Gasteiger partial charge in [-0.15, -0.1) is 0 Å². The number of nitrogens with one attached hydrogen (secondary N) is 1. The minimum absolute atomic E-state index is 0.150. The van der Waals surface area contributed by atoms with Gasteiger partial charge in [0.1, 0.15) is 0 Å². The van der Waals surface area contributed by atoms with E-state index in [1.54, 1.807) is 0 Å². The van der Waals surface area contributed by atoms with Crippen LogP contribution in [0.1, 0.15) is 37.4 Å². The van der Waals surface area contributed by atoms with E-state index < -0.39 is 6.10 Å². The van der Waals surface area contributed by atoms with E-state index in [1.165, 1.54) is 6.42 Å². The highest BCUT2D eigenvalue weighted by atomic mass is 16.3. The van der Waals surface area contributed by atoms with E-state index in [4.69, 9.17) is 0 Å². The molecule has 1 fully saturated rings. The van der Waals surface area contributed by atoms with Gasteiger partial charge in [-0.1, -0.05) is 36.8 Å². The molecule has 1 aromatic carbocycles. The van der Waals surface area contributed by atoms with Crippen molar-refractivity contribution < 1.29 is 9.90 Å². The molecule has 1 aliphatic carbocycles. The zero-order valence-corrected chi connectivity index (χ0v) is 9.93. The van der Waals surface area contributed by atoms with Crippen molar-refractivity contribution in [2.24, 2.45) is 5.92 Å². The molecule has 92 valence electrons. The number of aliphatic hydroxyl groups is 1. The lowest BCUT2D eigenvalue weighted by Gasteiger charge is -2.24. The molecule has 17 heavy (non-hydrogen) atoms. The van der Waals surface area contributed by atoms with Gasteiger partial charge in [-0.2, -0.15) is 0 Å².